The molecule has 0 heterocycles. The SMILES string of the molecule is O=C(N/N=C/c1cccc(Cl)c1)c1ccc(Oc2ccc(C(=O)NNCc3cccc(Cl)c3)cc2)cc1. The number of nitrogens with zero attached hydrogens (tertiary/aromatic N) is 1. The number of hydrazone groups is 1. The van der Waals surface area contributed by atoms with Crippen LogP contribution in [-0.4, -0.2) is 18.0 Å². The summed E-state index contributed by atoms with van der Waals surface area (Å²) >= 11 is 11.9. The van der Waals surface area contributed by atoms with Crippen molar-refractivity contribution in [1.29, 1.82) is 0 Å². The van der Waals surface area contributed by atoms with Gasteiger partial charge < -0.3 is 4.74 Å². The van der Waals surface area contributed by atoms with Gasteiger partial charge in [0.1, 0.15) is 11.5 Å². The van der Waals surface area contributed by atoms with Gasteiger partial charge in [-0.15, -0.1) is 0 Å². The summed E-state index contributed by atoms with van der Waals surface area (Å²) in [5, 5.41) is 5.18. The number of benzene rings is 4. The molecule has 4 aromatic carbocycles. The Hall–Kier alpha value is -4.17. The Morgan fingerprint density at radius 1 is 0.757 bits per heavy atom. The van der Waals surface area contributed by atoms with Crippen molar-refractivity contribution in [2.75, 3.05) is 0 Å². The van der Waals surface area contributed by atoms with Crippen molar-refractivity contribution in [2.24, 2.45) is 5.10 Å². The molecule has 9 heteroatoms. The van der Waals surface area contributed by atoms with E-state index in [2.05, 4.69) is 21.4 Å². The summed E-state index contributed by atoms with van der Waals surface area (Å²) < 4.78 is 5.81. The highest BCUT2D eigenvalue weighted by Crippen LogP contribution is 2.22. The van der Waals surface area contributed by atoms with Gasteiger partial charge in [0.05, 0.1) is 6.21 Å². The fourth-order valence-corrected chi connectivity index (χ4v) is 3.66. The fraction of sp³-hybridized carbons (Fsp3) is 0.0357. The second kappa shape index (κ2) is 12.7. The predicted molar refractivity (Wildman–Crippen MR) is 145 cm³/mol. The van der Waals surface area contributed by atoms with Crippen molar-refractivity contribution in [3.63, 3.8) is 0 Å². The Morgan fingerprint density at radius 2 is 1.35 bits per heavy atom. The number of halogens is 2. The average Bonchev–Trinajstić information content (AvgIpc) is 2.89. The minimum Gasteiger partial charge on any atom is -0.457 e. The van der Waals surface area contributed by atoms with Crippen molar-refractivity contribution in [2.45, 2.75) is 6.54 Å². The van der Waals surface area contributed by atoms with Gasteiger partial charge in [-0.05, 0) is 83.9 Å². The van der Waals surface area contributed by atoms with Crippen LogP contribution in [-0.2, 0) is 6.54 Å². The van der Waals surface area contributed by atoms with E-state index >= 15 is 0 Å². The molecule has 0 spiro atoms. The molecular weight excluding hydrogens is 511 g/mol. The van der Waals surface area contributed by atoms with E-state index in [-0.39, 0.29) is 11.8 Å². The molecule has 2 amide bonds. The lowest BCUT2D eigenvalue weighted by atomic mass is 10.2. The summed E-state index contributed by atoms with van der Waals surface area (Å²) in [6, 6.07) is 27.8. The number of ether oxygens (including phenoxy) is 1. The van der Waals surface area contributed by atoms with E-state index in [0.29, 0.717) is 39.2 Å². The smallest absolute Gasteiger partial charge is 0.271 e. The second-order valence-corrected chi connectivity index (χ2v) is 8.72. The van der Waals surface area contributed by atoms with Gasteiger partial charge in [0.15, 0.2) is 0 Å². The van der Waals surface area contributed by atoms with Crippen molar-refractivity contribution >= 4 is 41.2 Å². The lowest BCUT2D eigenvalue weighted by Crippen LogP contribution is -2.36. The molecule has 0 aliphatic heterocycles. The third-order valence-corrected chi connectivity index (χ3v) is 5.55. The lowest BCUT2D eigenvalue weighted by molar-refractivity contribution is 0.0929. The normalized spacial score (nSPS) is 10.8. The van der Waals surface area contributed by atoms with Crippen molar-refractivity contribution in [3.8, 4) is 11.5 Å². The van der Waals surface area contributed by atoms with Crippen LogP contribution in [0.4, 0.5) is 0 Å². The van der Waals surface area contributed by atoms with Gasteiger partial charge in [0.2, 0.25) is 0 Å². The minimum absolute atomic E-state index is 0.276. The summed E-state index contributed by atoms with van der Waals surface area (Å²) in [6.07, 6.45) is 1.51. The molecule has 3 N–H and O–H groups in total. The quantitative estimate of drug-likeness (QED) is 0.182. The Morgan fingerprint density at radius 3 is 1.97 bits per heavy atom. The van der Waals surface area contributed by atoms with Crippen LogP contribution in [0.3, 0.4) is 0 Å². The van der Waals surface area contributed by atoms with Crippen LogP contribution in [0.25, 0.3) is 0 Å². The second-order valence-electron chi connectivity index (χ2n) is 7.84. The molecule has 186 valence electrons. The topological polar surface area (TPSA) is 91.8 Å². The molecule has 0 unspecified atom stereocenters. The van der Waals surface area contributed by atoms with Crippen LogP contribution >= 0.6 is 23.2 Å². The molecule has 0 aliphatic carbocycles. The Balaban J connectivity index is 1.25. The molecular formula is C28H22Cl2N4O3. The third kappa shape index (κ3) is 7.91. The first-order valence-electron chi connectivity index (χ1n) is 11.2. The summed E-state index contributed by atoms with van der Waals surface area (Å²) in [5.41, 5.74) is 10.6. The molecule has 0 aromatic heterocycles. The highest BCUT2D eigenvalue weighted by atomic mass is 35.5. The zero-order chi connectivity index (χ0) is 26.0. The van der Waals surface area contributed by atoms with Crippen molar-refractivity contribution < 1.29 is 14.3 Å². The van der Waals surface area contributed by atoms with Gasteiger partial charge >= 0.3 is 0 Å². The maximum Gasteiger partial charge on any atom is 0.271 e. The number of rotatable bonds is 9. The van der Waals surface area contributed by atoms with E-state index < -0.39 is 0 Å². The Labute approximate surface area is 224 Å². The van der Waals surface area contributed by atoms with Crippen LogP contribution in [0.2, 0.25) is 10.0 Å². The molecule has 0 atom stereocenters. The van der Waals surface area contributed by atoms with Crippen LogP contribution in [0.1, 0.15) is 31.8 Å². The fourth-order valence-electron chi connectivity index (χ4n) is 3.25. The average molecular weight is 533 g/mol. The maximum absolute atomic E-state index is 12.3. The molecule has 4 rings (SSSR count). The molecule has 7 nitrogen and oxygen atoms in total. The molecule has 0 fully saturated rings. The van der Waals surface area contributed by atoms with Crippen LogP contribution < -0.4 is 21.0 Å². The maximum atomic E-state index is 12.3. The molecule has 0 radical (unpaired) electrons. The number of carbonyl (C=O) groups is 2. The van der Waals surface area contributed by atoms with Gasteiger partial charge in [0, 0.05) is 27.7 Å². The molecule has 37 heavy (non-hydrogen) atoms. The minimum atomic E-state index is -0.357. The highest BCUT2D eigenvalue weighted by Gasteiger charge is 2.08. The number of nitrogens with one attached hydrogen (secondary N) is 3. The molecule has 4 aromatic rings. The Bertz CT molecular complexity index is 1410. The molecule has 0 aliphatic rings. The van der Waals surface area contributed by atoms with Crippen LogP contribution in [0.5, 0.6) is 11.5 Å². The molecule has 0 saturated carbocycles. The standard InChI is InChI=1S/C28H22Cl2N4O3/c29-23-5-1-3-19(15-23)17-31-33-27(35)21-7-11-25(12-8-21)37-26-13-9-22(10-14-26)28(36)34-32-18-20-4-2-6-24(30)16-20/h1-17,32H,18H2,(H,33,35)(H,34,36)/b31-17+. The van der Waals surface area contributed by atoms with Crippen LogP contribution in [0, 0.1) is 0 Å². The highest BCUT2D eigenvalue weighted by molar-refractivity contribution is 6.31. The summed E-state index contributed by atoms with van der Waals surface area (Å²) in [5.74, 6) is 0.456. The van der Waals surface area contributed by atoms with E-state index in [4.69, 9.17) is 27.9 Å². The third-order valence-electron chi connectivity index (χ3n) is 5.08. The summed E-state index contributed by atoms with van der Waals surface area (Å²) in [4.78, 5) is 24.7. The van der Waals surface area contributed by atoms with E-state index in [9.17, 15) is 9.59 Å². The first kappa shape index (κ1) is 25.9. The van der Waals surface area contributed by atoms with Gasteiger partial charge in [-0.1, -0.05) is 47.5 Å². The van der Waals surface area contributed by atoms with E-state index in [1.165, 1.54) is 6.21 Å². The van der Waals surface area contributed by atoms with Crippen molar-refractivity contribution in [3.05, 3.63) is 129 Å². The number of carbonyl (C=O) groups excluding carboxylic acids is 2. The van der Waals surface area contributed by atoms with Gasteiger partial charge in [0.25, 0.3) is 11.8 Å². The van der Waals surface area contributed by atoms with E-state index in [0.717, 1.165) is 11.1 Å². The zero-order valence-electron chi connectivity index (χ0n) is 19.4. The van der Waals surface area contributed by atoms with Gasteiger partial charge in [-0.3, -0.25) is 15.0 Å². The first-order valence-corrected chi connectivity index (χ1v) is 12.0. The summed E-state index contributed by atoms with van der Waals surface area (Å²) in [6.45, 7) is 0.440. The number of hydrogen-bond acceptors (Lipinski definition) is 5. The number of hydrazine groups is 1. The first-order chi connectivity index (χ1) is 18.0. The van der Waals surface area contributed by atoms with E-state index in [1.54, 1.807) is 72.8 Å². The monoisotopic (exact) mass is 532 g/mol. The van der Waals surface area contributed by atoms with Crippen molar-refractivity contribution in [1.82, 2.24) is 16.3 Å². The van der Waals surface area contributed by atoms with Gasteiger partial charge in [-0.2, -0.15) is 5.10 Å². The van der Waals surface area contributed by atoms with Crippen LogP contribution in [0.15, 0.2) is 102 Å². The molecule has 0 bridgehead atoms. The van der Waals surface area contributed by atoms with E-state index in [1.807, 2.05) is 24.3 Å². The van der Waals surface area contributed by atoms with Gasteiger partial charge in [-0.25, -0.2) is 10.9 Å². The predicted octanol–water partition coefficient (Wildman–Crippen LogP) is 5.98. The summed E-state index contributed by atoms with van der Waals surface area (Å²) in [7, 11) is 0. The number of hydrogen-bond donors (Lipinski definition) is 3. The molecule has 0 saturated heterocycles. The Kier molecular flexibility index (Phi) is 8.89. The number of amides is 2. The lowest BCUT2D eigenvalue weighted by Gasteiger charge is -2.09. The zero-order valence-corrected chi connectivity index (χ0v) is 21.0. The largest absolute Gasteiger partial charge is 0.457 e.